The second kappa shape index (κ2) is 4.90. The van der Waals surface area contributed by atoms with Crippen LogP contribution in [-0.4, -0.2) is 43.1 Å². The molecule has 21 heavy (non-hydrogen) atoms. The molecule has 2 saturated carbocycles. The fourth-order valence-electron chi connectivity index (χ4n) is 4.84. The number of guanidine groups is 1. The molecule has 0 amide bonds. The molecule has 0 aromatic rings. The molecule has 2 heterocycles. The van der Waals surface area contributed by atoms with Gasteiger partial charge in [0, 0.05) is 19.1 Å². The van der Waals surface area contributed by atoms with E-state index in [9.17, 15) is 0 Å². The topological polar surface area (TPSA) is 65.7 Å². The molecule has 0 aromatic carbocycles. The van der Waals surface area contributed by atoms with Crippen molar-refractivity contribution in [3.05, 3.63) is 11.4 Å². The molecule has 0 radical (unpaired) electrons. The molecule has 1 atom stereocenters. The average Bonchev–Trinajstić information content (AvgIpc) is 2.88. The number of fused-ring (bicyclic) bond motifs is 2. The lowest BCUT2D eigenvalue weighted by molar-refractivity contribution is 0.149. The summed E-state index contributed by atoms with van der Waals surface area (Å²) in [7, 11) is 2.04. The van der Waals surface area contributed by atoms with E-state index in [1.54, 1.807) is 0 Å². The third-order valence-corrected chi connectivity index (χ3v) is 6.06. The summed E-state index contributed by atoms with van der Waals surface area (Å²) in [5.41, 5.74) is 8.08. The minimum Gasteiger partial charge on any atom is -0.370 e. The number of nitrogens with two attached hydrogens (primary N) is 1. The fraction of sp³-hybridized carbons (Fsp3) is 0.812. The van der Waals surface area contributed by atoms with Crippen LogP contribution in [0, 0.1) is 5.41 Å². The third kappa shape index (κ3) is 2.05. The molecule has 5 heteroatoms. The molecule has 4 N–H and O–H groups in total. The maximum atomic E-state index is 6.13. The smallest absolute Gasteiger partial charge is 0.194 e. The first kappa shape index (κ1) is 13.4. The molecule has 1 spiro atoms. The maximum Gasteiger partial charge on any atom is 0.194 e. The Hall–Kier alpha value is -1.23. The van der Waals surface area contributed by atoms with Gasteiger partial charge in [0.1, 0.15) is 5.82 Å². The van der Waals surface area contributed by atoms with E-state index in [4.69, 9.17) is 10.7 Å². The van der Waals surface area contributed by atoms with E-state index >= 15 is 0 Å². The maximum absolute atomic E-state index is 6.13. The van der Waals surface area contributed by atoms with Crippen molar-refractivity contribution in [2.75, 3.05) is 20.1 Å². The molecule has 1 unspecified atom stereocenters. The number of hydrogen-bond donors (Lipinski definition) is 3. The lowest BCUT2D eigenvalue weighted by atomic mass is 9.66. The largest absolute Gasteiger partial charge is 0.370 e. The minimum absolute atomic E-state index is 0.346. The highest BCUT2D eigenvalue weighted by atomic mass is 15.4. The second-order valence-corrected chi connectivity index (χ2v) is 7.23. The van der Waals surface area contributed by atoms with Crippen LogP contribution < -0.4 is 16.4 Å². The molecule has 4 aliphatic rings. The van der Waals surface area contributed by atoms with Crippen molar-refractivity contribution in [2.24, 2.45) is 16.1 Å². The summed E-state index contributed by atoms with van der Waals surface area (Å²) in [6.07, 6.45) is 9.25. The zero-order chi connectivity index (χ0) is 14.4. The Morgan fingerprint density at radius 3 is 2.67 bits per heavy atom. The first-order valence-corrected chi connectivity index (χ1v) is 8.47. The number of nitrogens with one attached hydrogen (secondary N) is 2. The van der Waals surface area contributed by atoms with Crippen LogP contribution in [0.3, 0.4) is 0 Å². The monoisotopic (exact) mass is 289 g/mol. The SMILES string of the molecule is CNC1CN(C2=C3CCCC4(CCCC4)C3N=C(N)N2)C1. The zero-order valence-corrected chi connectivity index (χ0v) is 13.0. The van der Waals surface area contributed by atoms with E-state index in [2.05, 4.69) is 15.5 Å². The Balaban J connectivity index is 1.65. The van der Waals surface area contributed by atoms with Crippen molar-refractivity contribution in [2.45, 2.75) is 57.0 Å². The molecule has 0 aromatic heterocycles. The molecule has 2 aliphatic carbocycles. The van der Waals surface area contributed by atoms with E-state index in [-0.39, 0.29) is 0 Å². The Morgan fingerprint density at radius 2 is 1.95 bits per heavy atom. The van der Waals surface area contributed by atoms with Crippen molar-refractivity contribution in [3.8, 4) is 0 Å². The molecule has 1 saturated heterocycles. The highest BCUT2D eigenvalue weighted by molar-refractivity contribution is 5.81. The Bertz CT molecular complexity index is 483. The van der Waals surface area contributed by atoms with Gasteiger partial charge in [0.25, 0.3) is 0 Å². The minimum atomic E-state index is 0.346. The van der Waals surface area contributed by atoms with Gasteiger partial charge in [-0.2, -0.15) is 0 Å². The van der Waals surface area contributed by atoms with Gasteiger partial charge in [-0.1, -0.05) is 12.8 Å². The van der Waals surface area contributed by atoms with Gasteiger partial charge in [-0.25, -0.2) is 4.99 Å². The zero-order valence-electron chi connectivity index (χ0n) is 13.0. The summed E-state index contributed by atoms with van der Waals surface area (Å²) in [6.45, 7) is 2.16. The van der Waals surface area contributed by atoms with Gasteiger partial charge in [0.15, 0.2) is 5.96 Å². The summed E-state index contributed by atoms with van der Waals surface area (Å²) in [4.78, 5) is 7.30. The molecule has 116 valence electrons. The Kier molecular flexibility index (Phi) is 3.14. The van der Waals surface area contributed by atoms with Gasteiger partial charge in [-0.05, 0) is 50.1 Å². The van der Waals surface area contributed by atoms with E-state index in [0.717, 1.165) is 13.1 Å². The van der Waals surface area contributed by atoms with Gasteiger partial charge in [0.2, 0.25) is 0 Å². The quantitative estimate of drug-likeness (QED) is 0.713. The summed E-state index contributed by atoms with van der Waals surface area (Å²) < 4.78 is 0. The summed E-state index contributed by atoms with van der Waals surface area (Å²) >= 11 is 0. The van der Waals surface area contributed by atoms with Crippen LogP contribution in [0.15, 0.2) is 16.4 Å². The van der Waals surface area contributed by atoms with Gasteiger partial charge >= 0.3 is 0 Å². The lowest BCUT2D eigenvalue weighted by Gasteiger charge is -2.49. The number of likely N-dealkylation sites (N-methyl/N-ethyl adjacent to an activating group) is 1. The van der Waals surface area contributed by atoms with Crippen LogP contribution in [0.5, 0.6) is 0 Å². The van der Waals surface area contributed by atoms with Crippen LogP contribution >= 0.6 is 0 Å². The first-order valence-electron chi connectivity index (χ1n) is 8.47. The van der Waals surface area contributed by atoms with Crippen LogP contribution in [0.4, 0.5) is 0 Å². The average molecular weight is 289 g/mol. The van der Waals surface area contributed by atoms with Crippen LogP contribution in [0.1, 0.15) is 44.9 Å². The number of rotatable bonds is 2. The summed E-state index contributed by atoms with van der Waals surface area (Å²) in [6, 6.07) is 0.959. The summed E-state index contributed by atoms with van der Waals surface area (Å²) in [5, 5.41) is 6.72. The van der Waals surface area contributed by atoms with Crippen LogP contribution in [0.2, 0.25) is 0 Å². The van der Waals surface area contributed by atoms with Crippen molar-refractivity contribution < 1.29 is 0 Å². The number of hydrogen-bond acceptors (Lipinski definition) is 5. The molecular formula is C16H27N5. The first-order chi connectivity index (χ1) is 10.2. The standard InChI is InChI=1S/C16H27N5/c1-18-11-9-21(10-11)14-12-5-4-8-16(6-2-3-7-16)13(12)19-15(17)20-14/h11,13,18H,2-10H2,1H3,(H3,17,19,20). The number of likely N-dealkylation sites (tertiary alicyclic amines) is 1. The van der Waals surface area contributed by atoms with E-state index in [0.29, 0.717) is 23.5 Å². The number of nitrogens with zero attached hydrogens (tertiary/aromatic N) is 2. The van der Waals surface area contributed by atoms with Crippen molar-refractivity contribution in [1.29, 1.82) is 0 Å². The normalized spacial score (nSPS) is 31.8. The highest BCUT2D eigenvalue weighted by Crippen LogP contribution is 2.53. The predicted octanol–water partition coefficient (Wildman–Crippen LogP) is 1.13. The van der Waals surface area contributed by atoms with Gasteiger partial charge in [0.05, 0.1) is 6.04 Å². The number of aliphatic imine (C=N–C) groups is 1. The molecule has 3 fully saturated rings. The van der Waals surface area contributed by atoms with E-state index < -0.39 is 0 Å². The summed E-state index contributed by atoms with van der Waals surface area (Å²) in [5.74, 6) is 1.91. The molecular weight excluding hydrogens is 262 g/mol. The molecule has 0 bridgehead atoms. The highest BCUT2D eigenvalue weighted by Gasteiger charge is 2.48. The lowest BCUT2D eigenvalue weighted by Crippen LogP contribution is -2.60. The Labute approximate surface area is 127 Å². The Morgan fingerprint density at radius 1 is 1.24 bits per heavy atom. The van der Waals surface area contributed by atoms with Gasteiger partial charge in [-0.3, -0.25) is 0 Å². The van der Waals surface area contributed by atoms with Crippen molar-refractivity contribution in [1.82, 2.24) is 15.5 Å². The van der Waals surface area contributed by atoms with E-state index in [1.165, 1.54) is 56.3 Å². The van der Waals surface area contributed by atoms with Gasteiger partial charge < -0.3 is 21.3 Å². The predicted molar refractivity (Wildman–Crippen MR) is 84.7 cm³/mol. The fourth-order valence-corrected chi connectivity index (χ4v) is 4.84. The molecule has 2 aliphatic heterocycles. The second-order valence-electron chi connectivity index (χ2n) is 7.23. The van der Waals surface area contributed by atoms with Crippen molar-refractivity contribution in [3.63, 3.8) is 0 Å². The van der Waals surface area contributed by atoms with Crippen LogP contribution in [-0.2, 0) is 0 Å². The van der Waals surface area contributed by atoms with Crippen molar-refractivity contribution >= 4 is 5.96 Å². The van der Waals surface area contributed by atoms with Gasteiger partial charge in [-0.15, -0.1) is 0 Å². The molecule has 4 rings (SSSR count). The van der Waals surface area contributed by atoms with E-state index in [1.807, 2.05) is 7.05 Å². The molecule has 5 nitrogen and oxygen atoms in total. The third-order valence-electron chi connectivity index (χ3n) is 6.06. The van der Waals surface area contributed by atoms with Crippen LogP contribution in [0.25, 0.3) is 0 Å².